The highest BCUT2D eigenvalue weighted by Crippen LogP contribution is 2.42. The van der Waals surface area contributed by atoms with E-state index in [1.165, 1.54) is 12.1 Å². The highest BCUT2D eigenvalue weighted by Gasteiger charge is 2.45. The first-order chi connectivity index (χ1) is 14.2. The number of rotatable bonds is 7. The number of carbonyl (C=O) groups excluding carboxylic acids is 2. The lowest BCUT2D eigenvalue weighted by Gasteiger charge is -2.38. The van der Waals surface area contributed by atoms with Crippen molar-refractivity contribution in [1.29, 1.82) is 0 Å². The summed E-state index contributed by atoms with van der Waals surface area (Å²) in [5, 5.41) is 7.20. The molecule has 1 aliphatic rings. The largest absolute Gasteiger partial charge is 0.383 e. The smallest absolute Gasteiger partial charge is 0.254 e. The van der Waals surface area contributed by atoms with Crippen LogP contribution in [0.25, 0.3) is 0 Å². The van der Waals surface area contributed by atoms with Gasteiger partial charge in [-0.3, -0.25) is 14.3 Å². The topological polar surface area (TPSA) is 76.5 Å². The Kier molecular flexibility index (Phi) is 6.55. The van der Waals surface area contributed by atoms with E-state index < -0.39 is 11.7 Å². The molecule has 2 heterocycles. The van der Waals surface area contributed by atoms with Crippen molar-refractivity contribution in [2.75, 3.05) is 20.3 Å². The summed E-state index contributed by atoms with van der Waals surface area (Å²) in [6, 6.07) is 5.64. The molecule has 0 unspecified atom stereocenters. The number of nitrogens with one attached hydrogen (secondary N) is 1. The zero-order chi connectivity index (χ0) is 21.9. The van der Waals surface area contributed by atoms with Gasteiger partial charge in [-0.05, 0) is 32.9 Å². The van der Waals surface area contributed by atoms with Gasteiger partial charge in [0.05, 0.1) is 31.0 Å². The number of methoxy groups -OCH3 is 1. The lowest BCUT2D eigenvalue weighted by atomic mass is 9.93. The van der Waals surface area contributed by atoms with Crippen LogP contribution in [0.4, 0.5) is 4.39 Å². The van der Waals surface area contributed by atoms with Crippen LogP contribution < -0.4 is 5.32 Å². The maximum absolute atomic E-state index is 13.9. The van der Waals surface area contributed by atoms with E-state index in [9.17, 15) is 14.0 Å². The second-order valence-corrected chi connectivity index (χ2v) is 8.56. The van der Waals surface area contributed by atoms with Crippen LogP contribution in [0.3, 0.4) is 0 Å². The van der Waals surface area contributed by atoms with Gasteiger partial charge in [-0.2, -0.15) is 5.10 Å². The molecule has 1 aliphatic heterocycles. The first kappa shape index (κ1) is 22.0. The second-order valence-electron chi connectivity index (χ2n) is 8.56. The Morgan fingerprint density at radius 1 is 1.33 bits per heavy atom. The summed E-state index contributed by atoms with van der Waals surface area (Å²) < 4.78 is 20.8. The summed E-state index contributed by atoms with van der Waals surface area (Å²) in [5.41, 5.74) is 0.524. The summed E-state index contributed by atoms with van der Waals surface area (Å²) >= 11 is 0. The zero-order valence-corrected chi connectivity index (χ0v) is 17.9. The van der Waals surface area contributed by atoms with Crippen molar-refractivity contribution in [2.45, 2.75) is 45.3 Å². The number of carbonyl (C=O) groups is 2. The number of amides is 2. The number of nitrogens with zero attached hydrogens (tertiary/aromatic N) is 3. The average molecular weight is 416 g/mol. The Hall–Kier alpha value is -2.74. The van der Waals surface area contributed by atoms with E-state index in [2.05, 4.69) is 10.4 Å². The van der Waals surface area contributed by atoms with Crippen molar-refractivity contribution in [2.24, 2.45) is 5.92 Å². The molecule has 8 heteroatoms. The van der Waals surface area contributed by atoms with Gasteiger partial charge in [0.15, 0.2) is 0 Å². The third-order valence-corrected chi connectivity index (χ3v) is 5.32. The molecule has 2 amide bonds. The summed E-state index contributed by atoms with van der Waals surface area (Å²) in [4.78, 5) is 27.2. The second kappa shape index (κ2) is 8.95. The molecule has 162 valence electrons. The molecule has 1 fully saturated rings. The zero-order valence-electron chi connectivity index (χ0n) is 17.9. The molecule has 0 spiro atoms. The molecule has 2 aromatic rings. The van der Waals surface area contributed by atoms with Crippen LogP contribution in [-0.4, -0.2) is 52.3 Å². The summed E-state index contributed by atoms with van der Waals surface area (Å²) in [5.74, 6) is -1.16. The van der Waals surface area contributed by atoms with E-state index in [-0.39, 0.29) is 35.5 Å². The van der Waals surface area contributed by atoms with Crippen LogP contribution in [0.15, 0.2) is 36.7 Å². The van der Waals surface area contributed by atoms with Crippen LogP contribution in [-0.2, 0) is 16.1 Å². The molecule has 0 radical (unpaired) electrons. The Bertz CT molecular complexity index is 906. The van der Waals surface area contributed by atoms with Crippen molar-refractivity contribution in [3.8, 4) is 0 Å². The minimum Gasteiger partial charge on any atom is -0.383 e. The molecule has 0 saturated carbocycles. The quantitative estimate of drug-likeness (QED) is 0.753. The Balaban J connectivity index is 1.81. The van der Waals surface area contributed by atoms with E-state index in [1.54, 1.807) is 30.1 Å². The summed E-state index contributed by atoms with van der Waals surface area (Å²) in [6.07, 6.45) is 4.00. The minimum atomic E-state index is -0.565. The van der Waals surface area contributed by atoms with Crippen molar-refractivity contribution in [1.82, 2.24) is 20.0 Å². The third kappa shape index (κ3) is 4.70. The van der Waals surface area contributed by atoms with Crippen molar-refractivity contribution in [3.63, 3.8) is 0 Å². The van der Waals surface area contributed by atoms with Crippen molar-refractivity contribution in [3.05, 3.63) is 53.6 Å². The Morgan fingerprint density at radius 2 is 2.07 bits per heavy atom. The molecular formula is C22H29FN4O3. The summed E-state index contributed by atoms with van der Waals surface area (Å²) in [6.45, 7) is 7.39. The van der Waals surface area contributed by atoms with Crippen LogP contribution in [0, 0.1) is 11.7 Å². The molecule has 1 aromatic heterocycles. The van der Waals surface area contributed by atoms with Gasteiger partial charge < -0.3 is 15.0 Å². The SMILES string of the molecule is COCCn1cc([C@H]2[C@H](CNC(=O)c3ccccc3F)CC(=O)N2C(C)(C)C)cn1. The third-order valence-electron chi connectivity index (χ3n) is 5.32. The van der Waals surface area contributed by atoms with Gasteiger partial charge >= 0.3 is 0 Å². The number of hydrogen-bond donors (Lipinski definition) is 1. The molecule has 1 saturated heterocycles. The number of aromatic nitrogens is 2. The lowest BCUT2D eigenvalue weighted by Crippen LogP contribution is -2.44. The van der Waals surface area contributed by atoms with Crippen molar-refractivity contribution < 1.29 is 18.7 Å². The molecule has 0 aliphatic carbocycles. The highest BCUT2D eigenvalue weighted by molar-refractivity contribution is 5.94. The molecule has 1 aromatic carbocycles. The maximum Gasteiger partial charge on any atom is 0.254 e. The minimum absolute atomic E-state index is 0.00145. The van der Waals surface area contributed by atoms with Gasteiger partial charge in [-0.25, -0.2) is 4.39 Å². The van der Waals surface area contributed by atoms with E-state index >= 15 is 0 Å². The van der Waals surface area contributed by atoms with E-state index in [0.717, 1.165) is 5.56 Å². The van der Waals surface area contributed by atoms with Gasteiger partial charge in [-0.1, -0.05) is 12.1 Å². The fourth-order valence-corrected chi connectivity index (χ4v) is 4.00. The molecule has 0 bridgehead atoms. The van der Waals surface area contributed by atoms with E-state index in [4.69, 9.17) is 4.74 Å². The van der Waals surface area contributed by atoms with E-state index in [1.807, 2.05) is 31.9 Å². The van der Waals surface area contributed by atoms with Crippen LogP contribution in [0.5, 0.6) is 0 Å². The Labute approximate surface area is 176 Å². The molecule has 7 nitrogen and oxygen atoms in total. The molecule has 1 N–H and O–H groups in total. The maximum atomic E-state index is 13.9. The van der Waals surface area contributed by atoms with Crippen LogP contribution >= 0.6 is 0 Å². The van der Waals surface area contributed by atoms with Gasteiger partial charge in [0.2, 0.25) is 5.91 Å². The number of hydrogen-bond acceptors (Lipinski definition) is 4. The van der Waals surface area contributed by atoms with Crippen molar-refractivity contribution >= 4 is 11.8 Å². The lowest BCUT2D eigenvalue weighted by molar-refractivity contribution is -0.133. The number of ether oxygens (including phenoxy) is 1. The van der Waals surface area contributed by atoms with Crippen LogP contribution in [0.1, 0.15) is 49.2 Å². The molecule has 3 rings (SSSR count). The number of halogens is 1. The van der Waals surface area contributed by atoms with Crippen LogP contribution in [0.2, 0.25) is 0 Å². The first-order valence-corrected chi connectivity index (χ1v) is 10.1. The first-order valence-electron chi connectivity index (χ1n) is 10.1. The number of benzene rings is 1. The summed E-state index contributed by atoms with van der Waals surface area (Å²) in [7, 11) is 1.63. The van der Waals surface area contributed by atoms with Gasteiger partial charge in [0, 0.05) is 43.3 Å². The Morgan fingerprint density at radius 3 is 2.73 bits per heavy atom. The fourth-order valence-electron chi connectivity index (χ4n) is 4.00. The highest BCUT2D eigenvalue weighted by atomic mass is 19.1. The predicted octanol–water partition coefficient (Wildman–Crippen LogP) is 2.79. The van der Waals surface area contributed by atoms with Gasteiger partial charge in [0.25, 0.3) is 5.91 Å². The van der Waals surface area contributed by atoms with E-state index in [0.29, 0.717) is 19.6 Å². The fraction of sp³-hybridized carbons (Fsp3) is 0.500. The standard InChI is InChI=1S/C22H29FN4O3/c1-22(2,3)27-19(28)11-15(12-24-21(29)17-7-5-6-8-18(17)23)20(27)16-13-25-26(14-16)9-10-30-4/h5-8,13-15,20H,9-12H2,1-4H3,(H,24,29)/t15-,20+/m0/s1. The predicted molar refractivity (Wildman–Crippen MR) is 110 cm³/mol. The number of likely N-dealkylation sites (tertiary alicyclic amines) is 1. The molecule has 30 heavy (non-hydrogen) atoms. The average Bonchev–Trinajstić information content (AvgIpc) is 3.28. The molecule has 2 atom stereocenters. The monoisotopic (exact) mass is 416 g/mol. The van der Waals surface area contributed by atoms with Gasteiger partial charge in [0.1, 0.15) is 5.82 Å². The van der Waals surface area contributed by atoms with Gasteiger partial charge in [-0.15, -0.1) is 0 Å². The normalized spacial score (nSPS) is 19.4. The molecular weight excluding hydrogens is 387 g/mol.